The van der Waals surface area contributed by atoms with Crippen LogP contribution in [0, 0.1) is 23.6 Å². The summed E-state index contributed by atoms with van der Waals surface area (Å²) in [6.45, 7) is 1.61. The van der Waals surface area contributed by atoms with E-state index in [1.54, 1.807) is 19.1 Å². The van der Waals surface area contributed by atoms with Crippen molar-refractivity contribution in [2.75, 3.05) is 18.1 Å². The molecular weight excluding hydrogens is 618 g/mol. The molecule has 4 aliphatic rings. The number of rotatable bonds is 7. The maximum atomic E-state index is 14.4. The van der Waals surface area contributed by atoms with Crippen LogP contribution in [0.5, 0.6) is 11.5 Å². The molecule has 6 rings (SSSR count). The Morgan fingerprint density at radius 3 is 2.41 bits per heavy atom. The van der Waals surface area contributed by atoms with Crippen molar-refractivity contribution in [2.24, 2.45) is 17.8 Å². The van der Waals surface area contributed by atoms with E-state index in [-0.39, 0.29) is 48.7 Å². The number of ether oxygens (including phenoxy) is 1. The van der Waals surface area contributed by atoms with Gasteiger partial charge in [0.25, 0.3) is 11.8 Å². The van der Waals surface area contributed by atoms with E-state index < -0.39 is 75.3 Å². The Morgan fingerprint density at radius 2 is 1.75 bits per heavy atom. The molecule has 13 heteroatoms. The quantitative estimate of drug-likeness (QED) is 0.262. The number of likely N-dealkylation sites (tertiary alicyclic amines) is 1. The van der Waals surface area contributed by atoms with Gasteiger partial charge in [0.05, 0.1) is 30.6 Å². The summed E-state index contributed by atoms with van der Waals surface area (Å²) in [5.74, 6) is -8.87. The normalized spacial score (nSPS) is 31.0. The fourth-order valence-corrected chi connectivity index (χ4v) is 8.21. The molecule has 1 saturated carbocycles. The topological polar surface area (TPSA) is 142 Å². The standard InChI is InChI=1S/C31H27Cl2FN2O8/c1-2-44-21-5-3-4-19(25(21)39)24-17-10-11-18-23(27(41)35(26(18)40)13-12-22(37)38)20(17)14-30(32)28(42)36(29(43)31(24,30)33)16-8-6-15(34)7-9-16/h3-10,18,20,23-24,39H,2,11-14H2,1H3,(H,37,38). The lowest BCUT2D eigenvalue weighted by molar-refractivity contribution is -0.142. The van der Waals surface area contributed by atoms with Crippen molar-refractivity contribution in [3.8, 4) is 11.5 Å². The zero-order valence-corrected chi connectivity index (χ0v) is 24.8. The molecule has 2 aromatic rings. The second-order valence-corrected chi connectivity index (χ2v) is 12.6. The Labute approximate surface area is 261 Å². The minimum Gasteiger partial charge on any atom is -0.504 e. The predicted octanol–water partition coefficient (Wildman–Crippen LogP) is 3.97. The van der Waals surface area contributed by atoms with Crippen LogP contribution in [0.15, 0.2) is 54.1 Å². The summed E-state index contributed by atoms with van der Waals surface area (Å²) in [4.78, 5) is 64.2. The molecule has 0 radical (unpaired) electrons. The van der Waals surface area contributed by atoms with E-state index in [0.29, 0.717) is 5.57 Å². The van der Waals surface area contributed by atoms with Gasteiger partial charge in [0.2, 0.25) is 11.8 Å². The van der Waals surface area contributed by atoms with Gasteiger partial charge in [0, 0.05) is 18.0 Å². The molecule has 2 aromatic carbocycles. The number of phenols is 1. The van der Waals surface area contributed by atoms with Gasteiger partial charge in [-0.15, -0.1) is 23.2 Å². The number of benzene rings is 2. The lowest BCUT2D eigenvalue weighted by Crippen LogP contribution is -2.60. The van der Waals surface area contributed by atoms with Crippen LogP contribution in [-0.2, 0) is 24.0 Å². The molecule has 6 atom stereocenters. The monoisotopic (exact) mass is 644 g/mol. The van der Waals surface area contributed by atoms with Gasteiger partial charge in [-0.05, 0) is 56.0 Å². The van der Waals surface area contributed by atoms with Gasteiger partial charge < -0.3 is 14.9 Å². The van der Waals surface area contributed by atoms with Gasteiger partial charge in [-0.2, -0.15) is 0 Å². The fourth-order valence-electron chi connectivity index (χ4n) is 7.28. The third kappa shape index (κ3) is 4.08. The zero-order chi connectivity index (χ0) is 31.7. The number of halogens is 3. The maximum absolute atomic E-state index is 14.4. The van der Waals surface area contributed by atoms with Crippen molar-refractivity contribution in [1.29, 1.82) is 0 Å². The van der Waals surface area contributed by atoms with E-state index in [4.69, 9.17) is 27.9 Å². The highest BCUT2D eigenvalue weighted by Gasteiger charge is 2.77. The largest absolute Gasteiger partial charge is 0.504 e. The van der Waals surface area contributed by atoms with Crippen molar-refractivity contribution in [2.45, 2.75) is 41.9 Å². The second kappa shape index (κ2) is 10.6. The van der Waals surface area contributed by atoms with Gasteiger partial charge in [0.1, 0.15) is 5.82 Å². The molecule has 2 saturated heterocycles. The number of carboxylic acids is 1. The van der Waals surface area contributed by atoms with Crippen LogP contribution in [0.4, 0.5) is 10.1 Å². The van der Waals surface area contributed by atoms with Crippen molar-refractivity contribution in [3.63, 3.8) is 0 Å². The van der Waals surface area contributed by atoms with Gasteiger partial charge in [-0.25, -0.2) is 9.29 Å². The Morgan fingerprint density at radius 1 is 1.05 bits per heavy atom. The van der Waals surface area contributed by atoms with E-state index in [2.05, 4.69) is 0 Å². The number of carbonyl (C=O) groups excluding carboxylic acids is 4. The average molecular weight is 645 g/mol. The molecule has 3 fully saturated rings. The number of carboxylic acid groups (broad SMARTS) is 1. The summed E-state index contributed by atoms with van der Waals surface area (Å²) < 4.78 is 19.4. The van der Waals surface area contributed by atoms with Crippen molar-refractivity contribution in [3.05, 3.63) is 65.5 Å². The number of anilines is 1. The molecule has 10 nitrogen and oxygen atoms in total. The molecule has 4 amide bonds. The lowest BCUT2D eigenvalue weighted by atomic mass is 9.56. The third-order valence-corrected chi connectivity index (χ3v) is 10.6. The predicted molar refractivity (Wildman–Crippen MR) is 155 cm³/mol. The average Bonchev–Trinajstić information content (AvgIpc) is 3.31. The number of aliphatic carboxylic acids is 1. The van der Waals surface area contributed by atoms with E-state index in [1.165, 1.54) is 24.3 Å². The number of allylic oxidation sites excluding steroid dienone is 2. The van der Waals surface area contributed by atoms with Crippen LogP contribution in [-0.4, -0.2) is 67.6 Å². The van der Waals surface area contributed by atoms with Crippen LogP contribution >= 0.6 is 23.2 Å². The molecule has 2 aliphatic carbocycles. The Hall–Kier alpha value is -3.96. The SMILES string of the molecule is CCOc1cccc(C2C3=CCC4C(=O)N(CCC(=O)O)C(=O)C4C3CC3(Cl)C(=O)N(c4ccc(F)cc4)C(=O)C23Cl)c1O. The summed E-state index contributed by atoms with van der Waals surface area (Å²) in [5, 5.41) is 20.6. The molecule has 44 heavy (non-hydrogen) atoms. The maximum Gasteiger partial charge on any atom is 0.305 e. The molecule has 230 valence electrons. The Balaban J connectivity index is 1.54. The Bertz CT molecular complexity index is 1650. The number of fused-ring (bicyclic) bond motifs is 4. The number of carbonyl (C=O) groups is 5. The molecular formula is C31H27Cl2FN2O8. The van der Waals surface area contributed by atoms with Gasteiger partial charge in [-0.1, -0.05) is 23.8 Å². The molecule has 2 heterocycles. The number of para-hydroxylation sites is 1. The first-order valence-electron chi connectivity index (χ1n) is 14.1. The highest BCUT2D eigenvalue weighted by atomic mass is 35.5. The van der Waals surface area contributed by atoms with E-state index in [1.807, 2.05) is 0 Å². The van der Waals surface area contributed by atoms with E-state index in [9.17, 15) is 38.6 Å². The van der Waals surface area contributed by atoms with Gasteiger partial charge in [-0.3, -0.25) is 28.9 Å². The molecule has 2 aliphatic heterocycles. The van der Waals surface area contributed by atoms with E-state index >= 15 is 0 Å². The summed E-state index contributed by atoms with van der Waals surface area (Å²) in [6, 6.07) is 9.28. The number of hydrogen-bond acceptors (Lipinski definition) is 7. The third-order valence-electron chi connectivity index (χ3n) is 9.18. The highest BCUT2D eigenvalue weighted by Crippen LogP contribution is 2.66. The number of phenolic OH excluding ortho intramolecular Hbond substituents is 1. The van der Waals surface area contributed by atoms with Crippen LogP contribution in [0.25, 0.3) is 0 Å². The zero-order valence-electron chi connectivity index (χ0n) is 23.3. The molecule has 6 unspecified atom stereocenters. The number of imide groups is 2. The molecule has 2 N–H and O–H groups in total. The molecule has 0 spiro atoms. The minimum absolute atomic E-state index is 0.0312. The Kier molecular flexibility index (Phi) is 7.24. The number of amides is 4. The van der Waals surface area contributed by atoms with E-state index in [0.717, 1.165) is 21.9 Å². The number of hydrogen-bond donors (Lipinski definition) is 2. The summed E-state index contributed by atoms with van der Waals surface area (Å²) >= 11 is 14.6. The number of nitrogens with zero attached hydrogens (tertiary/aromatic N) is 2. The molecule has 0 aromatic heterocycles. The molecule has 0 bridgehead atoms. The summed E-state index contributed by atoms with van der Waals surface area (Å²) in [6.07, 6.45) is 1.04. The van der Waals surface area contributed by atoms with Gasteiger partial charge in [0.15, 0.2) is 21.2 Å². The summed E-state index contributed by atoms with van der Waals surface area (Å²) in [7, 11) is 0. The van der Waals surface area contributed by atoms with Crippen LogP contribution < -0.4 is 9.64 Å². The number of aromatic hydroxyl groups is 1. The van der Waals surface area contributed by atoms with Gasteiger partial charge >= 0.3 is 5.97 Å². The van der Waals surface area contributed by atoms with Crippen LogP contribution in [0.3, 0.4) is 0 Å². The first-order valence-corrected chi connectivity index (χ1v) is 14.9. The first kappa shape index (κ1) is 30.1. The van der Waals surface area contributed by atoms with Crippen molar-refractivity contribution in [1.82, 2.24) is 4.90 Å². The van der Waals surface area contributed by atoms with Crippen LogP contribution in [0.1, 0.15) is 37.7 Å². The second-order valence-electron chi connectivity index (χ2n) is 11.3. The van der Waals surface area contributed by atoms with Crippen molar-refractivity contribution < 1.29 is 43.3 Å². The highest BCUT2D eigenvalue weighted by molar-refractivity contribution is 6.58. The van der Waals surface area contributed by atoms with Crippen molar-refractivity contribution >= 4 is 58.5 Å². The fraction of sp³-hybridized carbons (Fsp3) is 0.387. The number of alkyl halides is 2. The summed E-state index contributed by atoms with van der Waals surface area (Å²) in [5.41, 5.74) is 0.612. The minimum atomic E-state index is -2.22. The first-order chi connectivity index (χ1) is 20.9. The lowest BCUT2D eigenvalue weighted by Gasteiger charge is -2.50. The van der Waals surface area contributed by atoms with Crippen LogP contribution in [0.2, 0.25) is 0 Å². The smallest absolute Gasteiger partial charge is 0.305 e.